The summed E-state index contributed by atoms with van der Waals surface area (Å²) < 4.78 is 4.82. The fourth-order valence-corrected chi connectivity index (χ4v) is 2.67. The molecule has 156 valence electrons. The van der Waals surface area contributed by atoms with E-state index in [2.05, 4.69) is 31.4 Å². The summed E-state index contributed by atoms with van der Waals surface area (Å²) in [6.07, 6.45) is 1.13. The average molecular weight is 392 g/mol. The van der Waals surface area contributed by atoms with Crippen LogP contribution >= 0.6 is 0 Å². The molecule has 0 radical (unpaired) electrons. The number of hydrogen-bond acceptors (Lipinski definition) is 5. The minimum Gasteiger partial charge on any atom is -0.481 e. The lowest BCUT2D eigenvalue weighted by atomic mass is 9.92. The second kappa shape index (κ2) is 11.4. The number of nitrogens with one attached hydrogen (secondary N) is 2. The highest BCUT2D eigenvalue weighted by molar-refractivity contribution is 5.88. The summed E-state index contributed by atoms with van der Waals surface area (Å²) >= 11 is 0. The molecule has 3 N–H and O–H groups in total. The molecule has 0 aliphatic carbocycles. The van der Waals surface area contributed by atoms with Gasteiger partial charge in [-0.3, -0.25) is 9.59 Å². The van der Waals surface area contributed by atoms with Gasteiger partial charge in [-0.2, -0.15) is 0 Å². The first-order valence-electron chi connectivity index (χ1n) is 9.49. The molecule has 0 unspecified atom stereocenters. The van der Waals surface area contributed by atoms with Crippen molar-refractivity contribution in [3.63, 3.8) is 0 Å². The van der Waals surface area contributed by atoms with Crippen molar-refractivity contribution in [2.45, 2.75) is 58.5 Å². The Kier molecular flexibility index (Phi) is 9.65. The summed E-state index contributed by atoms with van der Waals surface area (Å²) in [6.45, 7) is 6.85. The summed E-state index contributed by atoms with van der Waals surface area (Å²) in [5.74, 6) is -1.91. The van der Waals surface area contributed by atoms with Gasteiger partial charge in [-0.15, -0.1) is 0 Å². The fraction of sp³-hybridized carbons (Fsp3) is 0.571. The Labute approximate surface area is 166 Å². The van der Waals surface area contributed by atoms with Crippen molar-refractivity contribution < 1.29 is 24.2 Å². The third-order valence-electron chi connectivity index (χ3n) is 4.31. The number of methoxy groups -OCH3 is 1. The van der Waals surface area contributed by atoms with Gasteiger partial charge in [0.15, 0.2) is 0 Å². The van der Waals surface area contributed by atoms with E-state index in [0.717, 1.165) is 12.0 Å². The third kappa shape index (κ3) is 9.50. The first-order chi connectivity index (χ1) is 13.1. The van der Waals surface area contributed by atoms with E-state index in [1.807, 2.05) is 30.3 Å². The Morgan fingerprint density at radius 2 is 1.75 bits per heavy atom. The minimum absolute atomic E-state index is 0.0860. The molecule has 7 heteroatoms. The van der Waals surface area contributed by atoms with Crippen LogP contribution in [0.15, 0.2) is 30.3 Å². The molecule has 1 aromatic carbocycles. The van der Waals surface area contributed by atoms with Crippen molar-refractivity contribution in [3.8, 4) is 0 Å². The van der Waals surface area contributed by atoms with Crippen molar-refractivity contribution >= 4 is 17.8 Å². The molecule has 0 aliphatic heterocycles. The van der Waals surface area contributed by atoms with E-state index in [9.17, 15) is 14.4 Å². The van der Waals surface area contributed by atoms with Gasteiger partial charge in [-0.25, -0.2) is 4.79 Å². The molecule has 0 fully saturated rings. The van der Waals surface area contributed by atoms with Crippen molar-refractivity contribution in [2.24, 2.45) is 5.41 Å². The molecule has 1 aromatic rings. The predicted octanol–water partition coefficient (Wildman–Crippen LogP) is 2.15. The van der Waals surface area contributed by atoms with Crippen LogP contribution < -0.4 is 10.6 Å². The summed E-state index contributed by atoms with van der Waals surface area (Å²) in [7, 11) is 1.27. The minimum atomic E-state index is -0.968. The molecular weight excluding hydrogens is 360 g/mol. The predicted molar refractivity (Wildman–Crippen MR) is 107 cm³/mol. The van der Waals surface area contributed by atoms with Gasteiger partial charge in [0.05, 0.1) is 13.2 Å². The zero-order valence-corrected chi connectivity index (χ0v) is 17.2. The molecule has 0 aliphatic rings. The van der Waals surface area contributed by atoms with Crippen LogP contribution in [0.3, 0.4) is 0 Å². The normalized spacial score (nSPS) is 13.4. The van der Waals surface area contributed by atoms with Crippen LogP contribution in [-0.4, -0.2) is 48.7 Å². The Morgan fingerprint density at radius 1 is 1.11 bits per heavy atom. The lowest BCUT2D eigenvalue weighted by Gasteiger charge is -2.24. The number of carboxylic acids is 1. The largest absolute Gasteiger partial charge is 0.481 e. The monoisotopic (exact) mass is 392 g/mol. The number of carbonyl (C=O) groups is 3. The number of carboxylic acid groups (broad SMARTS) is 1. The number of benzene rings is 1. The van der Waals surface area contributed by atoms with Crippen molar-refractivity contribution in [2.75, 3.05) is 13.7 Å². The van der Waals surface area contributed by atoms with Gasteiger partial charge in [0.1, 0.15) is 6.04 Å². The van der Waals surface area contributed by atoms with Crippen LogP contribution in [0.4, 0.5) is 0 Å². The lowest BCUT2D eigenvalue weighted by Crippen LogP contribution is -2.51. The molecule has 0 spiro atoms. The van der Waals surface area contributed by atoms with E-state index in [1.54, 1.807) is 0 Å². The number of rotatable bonds is 11. The second-order valence-electron chi connectivity index (χ2n) is 8.02. The van der Waals surface area contributed by atoms with Crippen molar-refractivity contribution in [1.29, 1.82) is 0 Å². The Balaban J connectivity index is 2.80. The van der Waals surface area contributed by atoms with E-state index in [-0.39, 0.29) is 18.3 Å². The topological polar surface area (TPSA) is 105 Å². The summed E-state index contributed by atoms with van der Waals surface area (Å²) in [5.41, 5.74) is 0.976. The number of carbonyl (C=O) groups excluding carboxylic acids is 2. The molecular formula is C21H32N2O5. The molecule has 28 heavy (non-hydrogen) atoms. The Morgan fingerprint density at radius 3 is 2.29 bits per heavy atom. The highest BCUT2D eigenvalue weighted by atomic mass is 16.5. The van der Waals surface area contributed by atoms with E-state index in [4.69, 9.17) is 9.84 Å². The van der Waals surface area contributed by atoms with Gasteiger partial charge in [-0.1, -0.05) is 51.1 Å². The van der Waals surface area contributed by atoms with Crippen LogP contribution in [0.2, 0.25) is 0 Å². The first-order valence-corrected chi connectivity index (χ1v) is 9.49. The molecule has 0 saturated heterocycles. The molecule has 0 saturated carbocycles. The molecule has 0 aromatic heterocycles. The smallest absolute Gasteiger partial charge is 0.328 e. The maximum absolute atomic E-state index is 12.8. The third-order valence-corrected chi connectivity index (χ3v) is 4.31. The highest BCUT2D eigenvalue weighted by Gasteiger charge is 2.27. The molecule has 2 atom stereocenters. The van der Waals surface area contributed by atoms with Gasteiger partial charge in [-0.05, 0) is 30.4 Å². The van der Waals surface area contributed by atoms with Crippen LogP contribution in [0.1, 0.15) is 45.6 Å². The zero-order chi connectivity index (χ0) is 21.2. The molecule has 1 amide bonds. The van der Waals surface area contributed by atoms with Crippen LogP contribution in [0, 0.1) is 5.41 Å². The highest BCUT2D eigenvalue weighted by Crippen LogP contribution is 2.17. The number of aliphatic carboxylic acids is 1. The number of amides is 1. The Bertz CT molecular complexity index is 640. The van der Waals surface area contributed by atoms with E-state index < -0.39 is 29.9 Å². The first kappa shape index (κ1) is 23.6. The fourth-order valence-electron chi connectivity index (χ4n) is 2.67. The van der Waals surface area contributed by atoms with Crippen LogP contribution in [0.5, 0.6) is 0 Å². The Hall–Kier alpha value is -2.41. The second-order valence-corrected chi connectivity index (χ2v) is 8.02. The van der Waals surface area contributed by atoms with E-state index >= 15 is 0 Å². The maximum Gasteiger partial charge on any atom is 0.328 e. The number of ether oxygens (including phenoxy) is 1. The quantitative estimate of drug-likeness (QED) is 0.499. The summed E-state index contributed by atoms with van der Waals surface area (Å²) in [6, 6.07) is 7.79. The lowest BCUT2D eigenvalue weighted by molar-refractivity contribution is -0.145. The molecule has 7 nitrogen and oxygen atoms in total. The van der Waals surface area contributed by atoms with E-state index in [1.165, 1.54) is 7.11 Å². The van der Waals surface area contributed by atoms with Gasteiger partial charge in [0, 0.05) is 12.8 Å². The van der Waals surface area contributed by atoms with Crippen LogP contribution in [0.25, 0.3) is 0 Å². The summed E-state index contributed by atoms with van der Waals surface area (Å²) in [4.78, 5) is 35.8. The van der Waals surface area contributed by atoms with Gasteiger partial charge < -0.3 is 20.5 Å². The zero-order valence-electron chi connectivity index (χ0n) is 17.2. The maximum atomic E-state index is 12.8. The van der Waals surface area contributed by atoms with Gasteiger partial charge in [0.25, 0.3) is 0 Å². The molecule has 0 heterocycles. The van der Waals surface area contributed by atoms with Crippen molar-refractivity contribution in [3.05, 3.63) is 35.9 Å². The SMILES string of the molecule is COC(=O)[C@H](Cc1ccccc1)NC(=O)[C@H](CCC(=O)O)NCCC(C)(C)C. The van der Waals surface area contributed by atoms with Crippen LogP contribution in [-0.2, 0) is 25.5 Å². The summed E-state index contributed by atoms with van der Waals surface area (Å²) in [5, 5.41) is 14.8. The average Bonchev–Trinajstić information content (AvgIpc) is 2.62. The number of esters is 1. The van der Waals surface area contributed by atoms with E-state index in [0.29, 0.717) is 13.0 Å². The van der Waals surface area contributed by atoms with Gasteiger partial charge >= 0.3 is 11.9 Å². The molecule has 0 bridgehead atoms. The van der Waals surface area contributed by atoms with Gasteiger partial charge in [0.2, 0.25) is 5.91 Å². The number of hydrogen-bond donors (Lipinski definition) is 3. The van der Waals surface area contributed by atoms with Crippen molar-refractivity contribution in [1.82, 2.24) is 10.6 Å². The molecule has 1 rings (SSSR count). The standard InChI is InChI=1S/C21H32N2O5/c1-21(2,3)12-13-22-16(10-11-18(24)25)19(26)23-17(20(27)28-4)14-15-8-6-5-7-9-15/h5-9,16-17,22H,10-14H2,1-4H3,(H,23,26)(H,24,25)/t16-,17-/m0/s1.